The van der Waals surface area contributed by atoms with Crippen molar-refractivity contribution < 1.29 is 9.90 Å². The monoisotopic (exact) mass is 262 g/mol. The molecule has 2 N–H and O–H groups in total. The summed E-state index contributed by atoms with van der Waals surface area (Å²) in [5, 5.41) is 12.8. The van der Waals surface area contributed by atoms with Crippen LogP contribution in [0.2, 0.25) is 0 Å². The fourth-order valence-electron chi connectivity index (χ4n) is 2.76. The van der Waals surface area contributed by atoms with E-state index in [2.05, 4.69) is 5.32 Å². The van der Waals surface area contributed by atoms with E-state index in [1.165, 1.54) is 0 Å². The predicted molar refractivity (Wildman–Crippen MR) is 76.7 cm³/mol. The molecule has 0 bridgehead atoms. The molecule has 1 fully saturated rings. The molecule has 2 atom stereocenters. The zero-order valence-corrected chi connectivity index (χ0v) is 11.6. The Morgan fingerprint density at radius 1 is 1.37 bits per heavy atom. The third-order valence-corrected chi connectivity index (χ3v) is 3.84. The van der Waals surface area contributed by atoms with Gasteiger partial charge < -0.3 is 15.3 Å². The van der Waals surface area contributed by atoms with Gasteiger partial charge in [-0.2, -0.15) is 0 Å². The van der Waals surface area contributed by atoms with Gasteiger partial charge in [0.2, 0.25) is 0 Å². The molecular formula is C15H22N2O2. The van der Waals surface area contributed by atoms with Crippen molar-refractivity contribution in [1.82, 2.24) is 5.32 Å². The Bertz CT molecular complexity index is 422. The number of nitrogens with zero attached hydrogens (tertiary/aromatic N) is 1. The van der Waals surface area contributed by atoms with Gasteiger partial charge in [-0.15, -0.1) is 0 Å². The highest BCUT2D eigenvalue weighted by Gasteiger charge is 2.30. The minimum atomic E-state index is -0.716. The second-order valence-electron chi connectivity index (χ2n) is 5.41. The van der Waals surface area contributed by atoms with Gasteiger partial charge in [-0.3, -0.25) is 4.79 Å². The van der Waals surface area contributed by atoms with E-state index >= 15 is 0 Å². The number of benzene rings is 1. The number of rotatable bonds is 4. The Labute approximate surface area is 114 Å². The Kier molecular flexibility index (Phi) is 4.43. The minimum Gasteiger partial charge on any atom is -0.481 e. The standard InChI is InChI=1S/C15H22N2O2/c1-17(2)13-7-5-11(6-8-13)14(15(18)19)12-4-3-9-16-10-12/h5-8,12,14,16H,3-4,9-10H2,1-2H3,(H,18,19). The summed E-state index contributed by atoms with van der Waals surface area (Å²) in [6.45, 7) is 1.80. The third kappa shape index (κ3) is 3.26. The first-order valence-electron chi connectivity index (χ1n) is 6.80. The fourth-order valence-corrected chi connectivity index (χ4v) is 2.76. The van der Waals surface area contributed by atoms with E-state index in [0.717, 1.165) is 37.2 Å². The number of carboxylic acids is 1. The molecule has 2 rings (SSSR count). The first-order chi connectivity index (χ1) is 9.09. The van der Waals surface area contributed by atoms with E-state index < -0.39 is 11.9 Å². The van der Waals surface area contributed by atoms with Crippen LogP contribution in [0.25, 0.3) is 0 Å². The molecule has 4 heteroatoms. The van der Waals surface area contributed by atoms with Gasteiger partial charge in [0.05, 0.1) is 5.92 Å². The van der Waals surface area contributed by atoms with Crippen LogP contribution in [0.4, 0.5) is 5.69 Å². The second-order valence-corrected chi connectivity index (χ2v) is 5.41. The smallest absolute Gasteiger partial charge is 0.311 e. The van der Waals surface area contributed by atoms with Crippen LogP contribution in [0, 0.1) is 5.92 Å². The number of piperidine rings is 1. The summed E-state index contributed by atoms with van der Waals surface area (Å²) < 4.78 is 0. The highest BCUT2D eigenvalue weighted by atomic mass is 16.4. The highest BCUT2D eigenvalue weighted by molar-refractivity contribution is 5.76. The molecule has 4 nitrogen and oxygen atoms in total. The molecule has 1 saturated heterocycles. The number of anilines is 1. The molecule has 1 aromatic rings. The van der Waals surface area contributed by atoms with Crippen molar-refractivity contribution in [3.05, 3.63) is 29.8 Å². The molecule has 0 aromatic heterocycles. The van der Waals surface area contributed by atoms with Crippen molar-refractivity contribution >= 4 is 11.7 Å². The Hall–Kier alpha value is -1.55. The largest absolute Gasteiger partial charge is 0.481 e. The molecule has 0 aliphatic carbocycles. The lowest BCUT2D eigenvalue weighted by Crippen LogP contribution is -2.36. The summed E-state index contributed by atoms with van der Waals surface area (Å²) in [5.41, 5.74) is 2.00. The number of carbonyl (C=O) groups is 1. The summed E-state index contributed by atoms with van der Waals surface area (Å²) in [5.74, 6) is -0.924. The number of carboxylic acid groups (broad SMARTS) is 1. The van der Waals surface area contributed by atoms with Gasteiger partial charge in [-0.25, -0.2) is 0 Å². The maximum Gasteiger partial charge on any atom is 0.311 e. The zero-order chi connectivity index (χ0) is 13.8. The molecule has 0 spiro atoms. The lowest BCUT2D eigenvalue weighted by molar-refractivity contribution is -0.140. The Morgan fingerprint density at radius 3 is 2.53 bits per heavy atom. The Morgan fingerprint density at radius 2 is 2.05 bits per heavy atom. The van der Waals surface area contributed by atoms with Gasteiger partial charge in [-0.05, 0) is 49.5 Å². The summed E-state index contributed by atoms with van der Waals surface area (Å²) in [7, 11) is 3.96. The lowest BCUT2D eigenvalue weighted by Gasteiger charge is -2.28. The van der Waals surface area contributed by atoms with E-state index in [-0.39, 0.29) is 5.92 Å². The van der Waals surface area contributed by atoms with Crippen molar-refractivity contribution in [2.45, 2.75) is 18.8 Å². The zero-order valence-electron chi connectivity index (χ0n) is 11.6. The average molecular weight is 262 g/mol. The maximum atomic E-state index is 11.6. The van der Waals surface area contributed by atoms with Gasteiger partial charge in [0.15, 0.2) is 0 Å². The molecule has 0 radical (unpaired) electrons. The number of aliphatic carboxylic acids is 1. The van der Waals surface area contributed by atoms with E-state index in [1.54, 1.807) is 0 Å². The summed E-state index contributed by atoms with van der Waals surface area (Å²) in [6.07, 6.45) is 2.05. The van der Waals surface area contributed by atoms with E-state index in [0.29, 0.717) is 0 Å². The fraction of sp³-hybridized carbons (Fsp3) is 0.533. The molecule has 104 valence electrons. The third-order valence-electron chi connectivity index (χ3n) is 3.84. The normalized spacial score (nSPS) is 20.8. The predicted octanol–water partition coefficient (Wildman–Crippen LogP) is 1.92. The van der Waals surface area contributed by atoms with Crippen LogP contribution in [0.3, 0.4) is 0 Å². The lowest BCUT2D eigenvalue weighted by atomic mass is 9.81. The topological polar surface area (TPSA) is 52.6 Å². The number of hydrogen-bond acceptors (Lipinski definition) is 3. The molecular weight excluding hydrogens is 240 g/mol. The first kappa shape index (κ1) is 13.9. The van der Waals surface area contributed by atoms with Crippen LogP contribution >= 0.6 is 0 Å². The van der Waals surface area contributed by atoms with E-state index in [4.69, 9.17) is 0 Å². The second kappa shape index (κ2) is 6.06. The average Bonchev–Trinajstić information content (AvgIpc) is 2.40. The van der Waals surface area contributed by atoms with Gasteiger partial charge >= 0.3 is 5.97 Å². The van der Waals surface area contributed by atoms with Gasteiger partial charge in [0.25, 0.3) is 0 Å². The van der Waals surface area contributed by atoms with Gasteiger partial charge in [0, 0.05) is 19.8 Å². The molecule has 0 saturated carbocycles. The molecule has 1 aliphatic heterocycles. The summed E-state index contributed by atoms with van der Waals surface area (Å²) >= 11 is 0. The van der Waals surface area contributed by atoms with Crippen LogP contribution in [0.1, 0.15) is 24.3 Å². The van der Waals surface area contributed by atoms with Crippen LogP contribution in [-0.2, 0) is 4.79 Å². The number of hydrogen-bond donors (Lipinski definition) is 2. The molecule has 1 aromatic carbocycles. The van der Waals surface area contributed by atoms with Crippen molar-refractivity contribution in [2.24, 2.45) is 5.92 Å². The van der Waals surface area contributed by atoms with Crippen LogP contribution in [0.5, 0.6) is 0 Å². The van der Waals surface area contributed by atoms with Crippen LogP contribution in [-0.4, -0.2) is 38.3 Å². The van der Waals surface area contributed by atoms with Crippen molar-refractivity contribution in [1.29, 1.82) is 0 Å². The minimum absolute atomic E-state index is 0.191. The maximum absolute atomic E-state index is 11.6. The van der Waals surface area contributed by atoms with Crippen LogP contribution in [0.15, 0.2) is 24.3 Å². The van der Waals surface area contributed by atoms with Gasteiger partial charge in [-0.1, -0.05) is 12.1 Å². The molecule has 19 heavy (non-hydrogen) atoms. The summed E-state index contributed by atoms with van der Waals surface area (Å²) in [4.78, 5) is 13.6. The van der Waals surface area contributed by atoms with Crippen molar-refractivity contribution in [3.8, 4) is 0 Å². The molecule has 1 aliphatic rings. The quantitative estimate of drug-likeness (QED) is 0.870. The molecule has 1 heterocycles. The SMILES string of the molecule is CN(C)c1ccc(C(C(=O)O)C2CCCNC2)cc1. The van der Waals surface area contributed by atoms with E-state index in [9.17, 15) is 9.90 Å². The van der Waals surface area contributed by atoms with Crippen molar-refractivity contribution in [2.75, 3.05) is 32.1 Å². The first-order valence-corrected chi connectivity index (χ1v) is 6.80. The summed E-state index contributed by atoms with van der Waals surface area (Å²) in [6, 6.07) is 7.87. The number of nitrogens with one attached hydrogen (secondary N) is 1. The van der Waals surface area contributed by atoms with Crippen LogP contribution < -0.4 is 10.2 Å². The van der Waals surface area contributed by atoms with Crippen molar-refractivity contribution in [3.63, 3.8) is 0 Å². The molecule has 0 amide bonds. The Balaban J connectivity index is 2.20. The molecule has 2 unspecified atom stereocenters. The van der Waals surface area contributed by atoms with Gasteiger partial charge in [0.1, 0.15) is 0 Å². The van der Waals surface area contributed by atoms with E-state index in [1.807, 2.05) is 43.3 Å². The highest BCUT2D eigenvalue weighted by Crippen LogP contribution is 2.30.